The van der Waals surface area contributed by atoms with Crippen LogP contribution in [-0.4, -0.2) is 21.0 Å². The number of aromatic amines is 1. The molecule has 5 heteroatoms. The van der Waals surface area contributed by atoms with E-state index >= 15 is 0 Å². The van der Waals surface area contributed by atoms with E-state index in [2.05, 4.69) is 15.2 Å². The predicted octanol–water partition coefficient (Wildman–Crippen LogP) is 0.812. The Morgan fingerprint density at radius 2 is 2.13 bits per heavy atom. The number of pyridine rings is 1. The Bertz CT molecular complexity index is 463. The largest absolute Gasteiger partial charge is 0.383 e. The van der Waals surface area contributed by atoms with Crippen molar-refractivity contribution in [2.75, 3.05) is 5.73 Å². The summed E-state index contributed by atoms with van der Waals surface area (Å²) in [6.07, 6.45) is 5.06. The van der Waals surface area contributed by atoms with Crippen molar-refractivity contribution < 1.29 is 4.79 Å². The zero-order valence-electron chi connectivity index (χ0n) is 7.97. The van der Waals surface area contributed by atoms with Gasteiger partial charge in [-0.25, -0.2) is 0 Å². The highest BCUT2D eigenvalue weighted by atomic mass is 16.1. The molecule has 0 aromatic carbocycles. The van der Waals surface area contributed by atoms with Crippen LogP contribution in [0.3, 0.4) is 0 Å². The van der Waals surface area contributed by atoms with Gasteiger partial charge in [-0.3, -0.25) is 14.9 Å². The third-order valence-electron chi connectivity index (χ3n) is 2.08. The minimum atomic E-state index is -0.0487. The highest BCUT2D eigenvalue weighted by Gasteiger charge is 2.11. The molecular weight excluding hydrogens is 192 g/mol. The highest BCUT2D eigenvalue weighted by molar-refractivity contribution is 6.00. The van der Waals surface area contributed by atoms with Gasteiger partial charge in [0.1, 0.15) is 5.82 Å². The lowest BCUT2D eigenvalue weighted by Crippen LogP contribution is -2.05. The number of nitrogens with zero attached hydrogens (tertiary/aromatic N) is 2. The van der Waals surface area contributed by atoms with E-state index in [1.54, 1.807) is 24.5 Å². The summed E-state index contributed by atoms with van der Waals surface area (Å²) in [7, 11) is 0. The van der Waals surface area contributed by atoms with E-state index < -0.39 is 0 Å². The van der Waals surface area contributed by atoms with Gasteiger partial charge in [0, 0.05) is 18.8 Å². The van der Waals surface area contributed by atoms with Gasteiger partial charge in [0.25, 0.3) is 0 Å². The molecule has 2 heterocycles. The lowest BCUT2D eigenvalue weighted by molar-refractivity contribution is 0.0994. The number of nitrogens with one attached hydrogen (secondary N) is 1. The number of anilines is 1. The van der Waals surface area contributed by atoms with Gasteiger partial charge in [-0.2, -0.15) is 5.10 Å². The quantitative estimate of drug-likeness (QED) is 0.721. The number of H-pyrrole nitrogens is 1. The third kappa shape index (κ3) is 2.01. The fourth-order valence-electron chi connectivity index (χ4n) is 1.30. The smallest absolute Gasteiger partial charge is 0.172 e. The molecule has 15 heavy (non-hydrogen) atoms. The van der Waals surface area contributed by atoms with Crippen LogP contribution in [0.2, 0.25) is 0 Å². The van der Waals surface area contributed by atoms with Crippen LogP contribution in [0.4, 0.5) is 5.82 Å². The number of nitrogen functional groups attached to an aromatic ring is 1. The first kappa shape index (κ1) is 9.39. The van der Waals surface area contributed by atoms with Crippen molar-refractivity contribution >= 4 is 11.6 Å². The van der Waals surface area contributed by atoms with Gasteiger partial charge in [0.2, 0.25) is 0 Å². The van der Waals surface area contributed by atoms with Crippen LogP contribution in [0.25, 0.3) is 0 Å². The maximum absolute atomic E-state index is 11.7. The minimum Gasteiger partial charge on any atom is -0.383 e. The molecule has 0 aliphatic rings. The van der Waals surface area contributed by atoms with Crippen LogP contribution in [0.1, 0.15) is 15.9 Å². The van der Waals surface area contributed by atoms with Gasteiger partial charge in [0.15, 0.2) is 5.78 Å². The van der Waals surface area contributed by atoms with Gasteiger partial charge in [0.05, 0.1) is 11.8 Å². The second-order valence-corrected chi connectivity index (χ2v) is 3.15. The van der Waals surface area contributed by atoms with Gasteiger partial charge >= 0.3 is 0 Å². The van der Waals surface area contributed by atoms with Crippen molar-refractivity contribution in [3.05, 3.63) is 41.9 Å². The first-order chi connectivity index (χ1) is 7.27. The Labute approximate surface area is 86.3 Å². The van der Waals surface area contributed by atoms with Crippen molar-refractivity contribution in [3.8, 4) is 0 Å². The van der Waals surface area contributed by atoms with Gasteiger partial charge in [-0.05, 0) is 17.7 Å². The summed E-state index contributed by atoms with van der Waals surface area (Å²) in [4.78, 5) is 15.6. The molecule has 0 unspecified atom stereocenters. The fraction of sp³-hybridized carbons (Fsp3) is 0.100. The number of rotatable bonds is 3. The summed E-state index contributed by atoms with van der Waals surface area (Å²) in [6, 6.07) is 3.60. The van der Waals surface area contributed by atoms with Crippen LogP contribution in [-0.2, 0) is 6.42 Å². The van der Waals surface area contributed by atoms with Crippen molar-refractivity contribution in [1.29, 1.82) is 0 Å². The Kier molecular flexibility index (Phi) is 2.45. The maximum atomic E-state index is 11.7. The molecule has 0 saturated heterocycles. The van der Waals surface area contributed by atoms with Crippen LogP contribution >= 0.6 is 0 Å². The Morgan fingerprint density at radius 1 is 1.40 bits per heavy atom. The van der Waals surface area contributed by atoms with E-state index in [9.17, 15) is 4.79 Å². The van der Waals surface area contributed by atoms with Crippen LogP contribution in [0.5, 0.6) is 0 Å². The third-order valence-corrected chi connectivity index (χ3v) is 2.08. The number of hydrogen-bond donors (Lipinski definition) is 2. The minimum absolute atomic E-state index is 0.0487. The molecule has 2 aromatic rings. The van der Waals surface area contributed by atoms with E-state index in [1.165, 1.54) is 6.20 Å². The number of hydrogen-bond acceptors (Lipinski definition) is 4. The van der Waals surface area contributed by atoms with Crippen molar-refractivity contribution in [2.45, 2.75) is 6.42 Å². The number of carbonyl (C=O) groups is 1. The fourth-order valence-corrected chi connectivity index (χ4v) is 1.30. The Morgan fingerprint density at radius 3 is 2.73 bits per heavy atom. The molecule has 5 nitrogen and oxygen atoms in total. The molecular formula is C10H10N4O. The molecule has 3 N–H and O–H groups in total. The SMILES string of the molecule is Nc1[nH]ncc1C(=O)Cc1ccncc1. The van der Waals surface area contributed by atoms with Crippen molar-refractivity contribution in [3.63, 3.8) is 0 Å². The molecule has 0 aliphatic carbocycles. The van der Waals surface area contributed by atoms with Gasteiger partial charge in [-0.1, -0.05) is 0 Å². The predicted molar refractivity (Wildman–Crippen MR) is 55.3 cm³/mol. The van der Waals surface area contributed by atoms with Crippen molar-refractivity contribution in [2.24, 2.45) is 0 Å². The summed E-state index contributed by atoms with van der Waals surface area (Å²) in [5, 5.41) is 6.23. The summed E-state index contributed by atoms with van der Waals surface area (Å²) in [6.45, 7) is 0. The van der Waals surface area contributed by atoms with Crippen LogP contribution < -0.4 is 5.73 Å². The molecule has 2 aromatic heterocycles. The average Bonchev–Trinajstić information content (AvgIpc) is 2.66. The Hall–Kier alpha value is -2.17. The van der Waals surface area contributed by atoms with Crippen LogP contribution in [0, 0.1) is 0 Å². The first-order valence-electron chi connectivity index (χ1n) is 4.48. The summed E-state index contributed by atoms with van der Waals surface area (Å²) in [5.41, 5.74) is 6.89. The number of nitrogens with two attached hydrogens (primary N) is 1. The topological polar surface area (TPSA) is 84.7 Å². The molecule has 0 radical (unpaired) electrons. The molecule has 0 amide bonds. The standard InChI is InChI=1S/C10H10N4O/c11-10-8(6-13-14-10)9(15)5-7-1-3-12-4-2-7/h1-4,6H,5H2,(H3,11,13,14). The molecule has 0 saturated carbocycles. The van der Waals surface area contributed by atoms with Crippen molar-refractivity contribution in [1.82, 2.24) is 15.2 Å². The lowest BCUT2D eigenvalue weighted by atomic mass is 10.1. The highest BCUT2D eigenvalue weighted by Crippen LogP contribution is 2.10. The number of carbonyl (C=O) groups excluding carboxylic acids is 1. The molecule has 0 atom stereocenters. The van der Waals surface area contributed by atoms with Gasteiger partial charge < -0.3 is 5.73 Å². The van der Waals surface area contributed by atoms with E-state index in [0.29, 0.717) is 17.8 Å². The number of Topliss-reactive ketones (excluding diaryl/α,β-unsaturated/α-hetero) is 1. The zero-order chi connectivity index (χ0) is 10.7. The summed E-state index contributed by atoms with van der Waals surface area (Å²) < 4.78 is 0. The van der Waals surface area contributed by atoms with E-state index in [-0.39, 0.29) is 5.78 Å². The molecule has 76 valence electrons. The molecule has 0 fully saturated rings. The molecule has 0 aliphatic heterocycles. The van der Waals surface area contributed by atoms with E-state index in [4.69, 9.17) is 5.73 Å². The number of aromatic nitrogens is 3. The summed E-state index contributed by atoms with van der Waals surface area (Å²) in [5.74, 6) is 0.265. The molecule has 2 rings (SSSR count). The molecule has 0 bridgehead atoms. The van der Waals surface area contributed by atoms with Crippen LogP contribution in [0.15, 0.2) is 30.7 Å². The second kappa shape index (κ2) is 3.91. The van der Waals surface area contributed by atoms with E-state index in [0.717, 1.165) is 5.56 Å². The maximum Gasteiger partial charge on any atom is 0.172 e. The normalized spacial score (nSPS) is 10.1. The number of ketones is 1. The lowest BCUT2D eigenvalue weighted by Gasteiger charge is -1.98. The molecule has 0 spiro atoms. The Balaban J connectivity index is 2.15. The average molecular weight is 202 g/mol. The first-order valence-corrected chi connectivity index (χ1v) is 4.48. The second-order valence-electron chi connectivity index (χ2n) is 3.15. The summed E-state index contributed by atoms with van der Waals surface area (Å²) >= 11 is 0. The zero-order valence-corrected chi connectivity index (χ0v) is 7.97. The van der Waals surface area contributed by atoms with Gasteiger partial charge in [-0.15, -0.1) is 0 Å². The van der Waals surface area contributed by atoms with E-state index in [1.807, 2.05) is 0 Å². The monoisotopic (exact) mass is 202 g/mol.